The molecule has 1 fully saturated rings. The Morgan fingerprint density at radius 3 is 2.38 bits per heavy atom. The van der Waals surface area contributed by atoms with Gasteiger partial charge in [-0.2, -0.15) is 0 Å². The van der Waals surface area contributed by atoms with Gasteiger partial charge in [-0.3, -0.25) is 14.2 Å². The van der Waals surface area contributed by atoms with Crippen molar-refractivity contribution < 1.29 is 38.3 Å². The molecule has 0 bridgehead atoms. The Balaban J connectivity index is 1.85. The highest BCUT2D eigenvalue weighted by molar-refractivity contribution is 7.52. The molecule has 13 nitrogen and oxygen atoms in total. The van der Waals surface area contributed by atoms with Crippen LogP contribution >= 0.6 is 7.60 Å². The van der Waals surface area contributed by atoms with Crippen molar-refractivity contribution in [1.82, 2.24) is 25.2 Å². The van der Waals surface area contributed by atoms with Crippen LogP contribution in [0.5, 0.6) is 0 Å². The van der Waals surface area contributed by atoms with Gasteiger partial charge in [-0.05, 0) is 18.4 Å². The van der Waals surface area contributed by atoms with Gasteiger partial charge in [0.05, 0.1) is 25.9 Å². The van der Waals surface area contributed by atoms with E-state index in [9.17, 15) is 23.8 Å². The second-order valence-corrected chi connectivity index (χ2v) is 11.6. The molecule has 2 amide bonds. The Hall–Kier alpha value is -3.38. The molecule has 0 radical (unpaired) electrons. The molecule has 1 aliphatic rings. The second-order valence-electron chi connectivity index (χ2n) is 9.67. The molecule has 218 valence electrons. The number of carboxylic acid groups (broad SMARTS) is 1. The molecule has 1 aromatic carbocycles. The van der Waals surface area contributed by atoms with Crippen molar-refractivity contribution in [1.29, 1.82) is 0 Å². The average Bonchev–Trinajstić information content (AvgIpc) is 2.92. The largest absolute Gasteiger partial charge is 0.525 e. The van der Waals surface area contributed by atoms with E-state index in [2.05, 4.69) is 20.1 Å². The van der Waals surface area contributed by atoms with Crippen LogP contribution in [0.25, 0.3) is 11.4 Å². The number of nitrogens with one attached hydrogen (secondary N) is 1. The number of carbonyl (C=O) groups excluding carboxylic acids is 2. The van der Waals surface area contributed by atoms with Gasteiger partial charge in [0.25, 0.3) is 5.91 Å². The van der Waals surface area contributed by atoms with Crippen molar-refractivity contribution >= 4 is 25.6 Å². The number of rotatable bonds is 12. The summed E-state index contributed by atoms with van der Waals surface area (Å²) in [5.41, 5.74) is 1.33. The molecule has 1 aromatic heterocycles. The van der Waals surface area contributed by atoms with E-state index in [0.717, 1.165) is 6.42 Å². The highest BCUT2D eigenvalue weighted by Gasteiger charge is 2.36. The molecule has 40 heavy (non-hydrogen) atoms. The lowest BCUT2D eigenvalue weighted by Crippen LogP contribution is -2.56. The van der Waals surface area contributed by atoms with E-state index >= 15 is 0 Å². The number of amides is 2. The van der Waals surface area contributed by atoms with Crippen LogP contribution in [0.1, 0.15) is 55.7 Å². The number of hydroxylamine groups is 2. The molecular formula is C26H36N5O8P. The van der Waals surface area contributed by atoms with Crippen molar-refractivity contribution in [3.8, 4) is 11.4 Å². The first-order chi connectivity index (χ1) is 19.0. The Kier molecular flexibility index (Phi) is 11.1. The van der Waals surface area contributed by atoms with Crippen LogP contribution in [-0.4, -0.2) is 92.9 Å². The zero-order valence-corrected chi connectivity index (χ0v) is 23.8. The van der Waals surface area contributed by atoms with Gasteiger partial charge in [0.1, 0.15) is 11.7 Å². The van der Waals surface area contributed by atoms with Crippen molar-refractivity contribution in [2.24, 2.45) is 0 Å². The highest BCUT2D eigenvalue weighted by Crippen LogP contribution is 2.43. The Morgan fingerprint density at radius 1 is 1.10 bits per heavy atom. The van der Waals surface area contributed by atoms with Crippen LogP contribution in [0, 0.1) is 0 Å². The predicted octanol–water partition coefficient (Wildman–Crippen LogP) is 3.12. The summed E-state index contributed by atoms with van der Waals surface area (Å²) in [7, 11) is -4.25. The van der Waals surface area contributed by atoms with Gasteiger partial charge in [0, 0.05) is 24.3 Å². The van der Waals surface area contributed by atoms with Gasteiger partial charge in [-0.25, -0.2) is 14.8 Å². The molecule has 14 heteroatoms. The van der Waals surface area contributed by atoms with Crippen LogP contribution in [-0.2, 0) is 18.7 Å². The molecule has 0 saturated carbocycles. The maximum Gasteiger partial charge on any atom is 0.525 e. The molecule has 1 unspecified atom stereocenters. The van der Waals surface area contributed by atoms with Gasteiger partial charge in [0.15, 0.2) is 5.82 Å². The minimum absolute atomic E-state index is 0.00899. The number of hydrogen-bond donors (Lipinski definition) is 3. The second kappa shape index (κ2) is 14.3. The van der Waals surface area contributed by atoms with E-state index in [4.69, 9.17) is 9.63 Å². The number of benzene rings is 1. The van der Waals surface area contributed by atoms with Crippen molar-refractivity contribution in [2.75, 3.05) is 38.9 Å². The van der Waals surface area contributed by atoms with Gasteiger partial charge in [-0.1, -0.05) is 57.5 Å². The predicted molar refractivity (Wildman–Crippen MR) is 146 cm³/mol. The van der Waals surface area contributed by atoms with E-state index in [1.54, 1.807) is 0 Å². The summed E-state index contributed by atoms with van der Waals surface area (Å²) in [6, 6.07) is 9.28. The fourth-order valence-electron chi connectivity index (χ4n) is 3.98. The number of aromatic nitrogens is 2. The third kappa shape index (κ3) is 9.09. The monoisotopic (exact) mass is 577 g/mol. The van der Waals surface area contributed by atoms with Crippen LogP contribution in [0.4, 0.5) is 4.79 Å². The summed E-state index contributed by atoms with van der Waals surface area (Å²) in [4.78, 5) is 63.2. The summed E-state index contributed by atoms with van der Waals surface area (Å²) in [6.07, 6.45) is -0.795. The third-order valence-corrected chi connectivity index (χ3v) is 7.58. The van der Waals surface area contributed by atoms with Gasteiger partial charge in [0.2, 0.25) is 5.91 Å². The first-order valence-corrected chi connectivity index (χ1v) is 14.9. The molecule has 3 rings (SSSR count). The molecular weight excluding hydrogens is 541 g/mol. The zero-order valence-electron chi connectivity index (χ0n) is 22.9. The van der Waals surface area contributed by atoms with Crippen LogP contribution < -0.4 is 5.32 Å². The lowest BCUT2D eigenvalue weighted by molar-refractivity contribution is -0.154. The van der Waals surface area contributed by atoms with E-state index < -0.39 is 37.8 Å². The summed E-state index contributed by atoms with van der Waals surface area (Å²) >= 11 is 0. The summed E-state index contributed by atoms with van der Waals surface area (Å²) in [5, 5.41) is 12.6. The van der Waals surface area contributed by atoms with E-state index in [-0.39, 0.29) is 44.4 Å². The van der Waals surface area contributed by atoms with E-state index in [1.165, 1.54) is 16.0 Å². The Labute approximate surface area is 233 Å². The molecule has 2 heterocycles. The molecule has 2 aromatic rings. The normalized spacial score (nSPS) is 16.3. The van der Waals surface area contributed by atoms with E-state index in [0.29, 0.717) is 23.5 Å². The maximum absolute atomic E-state index is 13.5. The summed E-state index contributed by atoms with van der Waals surface area (Å²) < 4.78 is 18.0. The number of carbonyl (C=O) groups is 3. The SMILES string of the molecule is CCCCOP(=O)(O)C[C@H](NC(=O)c1cc(C(C)C)nc(-c2ccccc2)n1)C(=O)N1CCN(OC(=O)O)CC1. The smallest absolute Gasteiger partial charge is 0.448 e. The van der Waals surface area contributed by atoms with Crippen LogP contribution in [0.3, 0.4) is 0 Å². The lowest BCUT2D eigenvalue weighted by Gasteiger charge is -2.35. The molecule has 1 aliphatic heterocycles. The number of nitrogens with zero attached hydrogens (tertiary/aromatic N) is 4. The lowest BCUT2D eigenvalue weighted by atomic mass is 10.1. The molecule has 0 spiro atoms. The third-order valence-electron chi connectivity index (χ3n) is 6.17. The minimum Gasteiger partial charge on any atom is -0.448 e. The first kappa shape index (κ1) is 31.2. The van der Waals surface area contributed by atoms with Crippen molar-refractivity contribution in [3.05, 3.63) is 47.8 Å². The standard InChI is InChI=1S/C26H36N5O8P/c1-4-5-15-38-40(36,37)17-22(25(33)30-11-13-31(14-12-30)39-26(34)35)29-24(32)21-16-20(18(2)3)27-23(28-21)19-9-7-6-8-10-19/h6-10,16,18,22H,4-5,11-15,17H2,1-3H3,(H,29,32)(H,34,35)(H,36,37)/t22-/m0/s1. The first-order valence-electron chi connectivity index (χ1n) is 13.1. The minimum atomic E-state index is -4.25. The number of piperazine rings is 1. The van der Waals surface area contributed by atoms with Crippen LogP contribution in [0.15, 0.2) is 36.4 Å². The van der Waals surface area contributed by atoms with Crippen LogP contribution in [0.2, 0.25) is 0 Å². The Morgan fingerprint density at radius 2 is 1.77 bits per heavy atom. The average molecular weight is 578 g/mol. The topological polar surface area (TPSA) is 171 Å². The molecule has 1 saturated heterocycles. The fraction of sp³-hybridized carbons (Fsp3) is 0.500. The number of hydrogen-bond acceptors (Lipinski definition) is 9. The van der Waals surface area contributed by atoms with E-state index in [1.807, 2.05) is 51.1 Å². The highest BCUT2D eigenvalue weighted by atomic mass is 31.2. The van der Waals surface area contributed by atoms with Gasteiger partial charge < -0.3 is 29.6 Å². The van der Waals surface area contributed by atoms with Gasteiger partial charge >= 0.3 is 13.8 Å². The van der Waals surface area contributed by atoms with Gasteiger partial charge in [-0.15, -0.1) is 5.06 Å². The maximum atomic E-state index is 13.5. The fourth-order valence-corrected chi connectivity index (χ4v) is 5.21. The Bertz CT molecular complexity index is 1220. The zero-order chi connectivity index (χ0) is 29.3. The molecule has 2 atom stereocenters. The van der Waals surface area contributed by atoms with Crippen molar-refractivity contribution in [2.45, 2.75) is 45.6 Å². The molecule has 3 N–H and O–H groups in total. The van der Waals surface area contributed by atoms with Crippen molar-refractivity contribution in [3.63, 3.8) is 0 Å². The quantitative estimate of drug-likeness (QED) is 0.250. The number of unbranched alkanes of at least 4 members (excludes halogenated alkanes) is 1. The summed E-state index contributed by atoms with van der Waals surface area (Å²) in [5.74, 6) is -0.993. The molecule has 0 aliphatic carbocycles. The summed E-state index contributed by atoms with van der Waals surface area (Å²) in [6.45, 7) is 6.18.